The van der Waals surface area contributed by atoms with Crippen molar-refractivity contribution < 1.29 is 0 Å². The van der Waals surface area contributed by atoms with Gasteiger partial charge in [0.25, 0.3) is 5.56 Å². The van der Waals surface area contributed by atoms with Crippen LogP contribution in [0, 0.1) is 6.92 Å². The number of pyridine rings is 1. The molecule has 1 N–H and O–H groups in total. The van der Waals surface area contributed by atoms with Crippen LogP contribution in [0.1, 0.15) is 36.5 Å². The summed E-state index contributed by atoms with van der Waals surface area (Å²) < 4.78 is 1.16. The molecule has 0 aliphatic rings. The fraction of sp³-hybridized carbons (Fsp3) is 0.357. The molecule has 2 rings (SSSR count). The van der Waals surface area contributed by atoms with Gasteiger partial charge in [-0.1, -0.05) is 25.4 Å². The molecule has 0 atom stereocenters. The van der Waals surface area contributed by atoms with Gasteiger partial charge in [-0.05, 0) is 30.0 Å². The van der Waals surface area contributed by atoms with Crippen molar-refractivity contribution in [2.75, 3.05) is 0 Å². The quantitative estimate of drug-likeness (QED) is 0.881. The highest BCUT2D eigenvalue weighted by atomic mass is 35.5. The van der Waals surface area contributed by atoms with E-state index in [2.05, 4.69) is 9.97 Å². The van der Waals surface area contributed by atoms with Crippen LogP contribution in [-0.2, 0) is 6.54 Å². The highest BCUT2D eigenvalue weighted by Gasteiger charge is 2.16. The molecule has 0 amide bonds. The third kappa shape index (κ3) is 2.67. The van der Waals surface area contributed by atoms with Gasteiger partial charge >= 0.3 is 5.69 Å². The maximum atomic E-state index is 12.4. The molecule has 0 saturated heterocycles. The van der Waals surface area contributed by atoms with E-state index in [1.807, 2.05) is 26.8 Å². The Balaban J connectivity index is 2.59. The van der Waals surface area contributed by atoms with E-state index >= 15 is 0 Å². The van der Waals surface area contributed by atoms with Gasteiger partial charge in [-0.15, -0.1) is 0 Å². The van der Waals surface area contributed by atoms with Crippen molar-refractivity contribution in [1.82, 2.24) is 14.5 Å². The summed E-state index contributed by atoms with van der Waals surface area (Å²) >= 11 is 5.95. The standard InChI is InChI=1S/C14H16ClN3O2/c1-8(2)11-12(15)17-14(20)18(13(11)19)7-10-6-16-5-4-9(10)3/h4-6,8H,7H2,1-3H3,(H,17,20). The van der Waals surface area contributed by atoms with Gasteiger partial charge in [-0.25, -0.2) is 4.79 Å². The molecule has 5 nitrogen and oxygen atoms in total. The third-order valence-corrected chi connectivity index (χ3v) is 3.53. The zero-order valence-electron chi connectivity index (χ0n) is 11.6. The van der Waals surface area contributed by atoms with Crippen LogP contribution in [0.4, 0.5) is 0 Å². The molecule has 0 aromatic carbocycles. The SMILES string of the molecule is Cc1ccncc1Cn1c(=O)[nH]c(Cl)c(C(C)C)c1=O. The van der Waals surface area contributed by atoms with E-state index in [1.165, 1.54) is 0 Å². The fourth-order valence-corrected chi connectivity index (χ4v) is 2.42. The summed E-state index contributed by atoms with van der Waals surface area (Å²) in [4.78, 5) is 30.9. The first-order valence-corrected chi connectivity index (χ1v) is 6.71. The van der Waals surface area contributed by atoms with Crippen LogP contribution in [0.25, 0.3) is 0 Å². The van der Waals surface area contributed by atoms with E-state index < -0.39 is 5.69 Å². The summed E-state index contributed by atoms with van der Waals surface area (Å²) in [7, 11) is 0. The average Bonchev–Trinajstić information content (AvgIpc) is 2.35. The van der Waals surface area contributed by atoms with Crippen molar-refractivity contribution in [3.63, 3.8) is 0 Å². The first kappa shape index (κ1) is 14.5. The number of aryl methyl sites for hydroxylation is 1. The van der Waals surface area contributed by atoms with Crippen LogP contribution in [0.2, 0.25) is 5.15 Å². The van der Waals surface area contributed by atoms with E-state index in [4.69, 9.17) is 11.6 Å². The largest absolute Gasteiger partial charge is 0.329 e. The normalized spacial score (nSPS) is 11.1. The van der Waals surface area contributed by atoms with Crippen LogP contribution in [0.15, 0.2) is 28.0 Å². The number of aromatic amines is 1. The molecular formula is C14H16ClN3O2. The molecule has 6 heteroatoms. The van der Waals surface area contributed by atoms with Gasteiger partial charge in [-0.2, -0.15) is 0 Å². The Morgan fingerprint density at radius 3 is 2.70 bits per heavy atom. The second-order valence-corrected chi connectivity index (χ2v) is 5.38. The first-order valence-electron chi connectivity index (χ1n) is 6.33. The summed E-state index contributed by atoms with van der Waals surface area (Å²) in [6.07, 6.45) is 3.33. The molecule has 2 aromatic heterocycles. The Bertz CT molecular complexity index is 747. The fourth-order valence-electron chi connectivity index (χ4n) is 2.04. The predicted molar refractivity (Wildman–Crippen MR) is 78.5 cm³/mol. The lowest BCUT2D eigenvalue weighted by molar-refractivity contribution is 0.666. The van der Waals surface area contributed by atoms with Gasteiger partial charge in [0.15, 0.2) is 0 Å². The molecule has 0 aliphatic carbocycles. The number of halogens is 1. The molecule has 0 bridgehead atoms. The van der Waals surface area contributed by atoms with Crippen molar-refractivity contribution in [2.24, 2.45) is 0 Å². The van der Waals surface area contributed by atoms with E-state index in [0.717, 1.165) is 15.7 Å². The molecule has 0 fully saturated rings. The van der Waals surface area contributed by atoms with Crippen LogP contribution < -0.4 is 11.2 Å². The number of hydrogen-bond donors (Lipinski definition) is 1. The van der Waals surface area contributed by atoms with Gasteiger partial charge in [0.1, 0.15) is 5.15 Å². The molecular weight excluding hydrogens is 278 g/mol. The van der Waals surface area contributed by atoms with Crippen LogP contribution in [0.3, 0.4) is 0 Å². The molecule has 0 saturated carbocycles. The van der Waals surface area contributed by atoms with Crippen molar-refractivity contribution in [3.05, 3.63) is 61.1 Å². The second kappa shape index (κ2) is 5.63. The van der Waals surface area contributed by atoms with Gasteiger partial charge in [0.05, 0.1) is 12.1 Å². The number of nitrogens with one attached hydrogen (secondary N) is 1. The molecule has 0 spiro atoms. The number of aromatic nitrogens is 3. The van der Waals surface area contributed by atoms with E-state index in [-0.39, 0.29) is 23.2 Å². The van der Waals surface area contributed by atoms with Crippen LogP contribution in [0.5, 0.6) is 0 Å². The topological polar surface area (TPSA) is 67.8 Å². The van der Waals surface area contributed by atoms with Crippen molar-refractivity contribution >= 4 is 11.6 Å². The van der Waals surface area contributed by atoms with Crippen LogP contribution >= 0.6 is 11.6 Å². The highest BCUT2D eigenvalue weighted by Crippen LogP contribution is 2.16. The minimum atomic E-state index is -0.507. The summed E-state index contributed by atoms with van der Waals surface area (Å²) in [6.45, 7) is 5.82. The zero-order valence-corrected chi connectivity index (χ0v) is 12.4. The molecule has 2 aromatic rings. The third-order valence-electron chi connectivity index (χ3n) is 3.23. The van der Waals surface area contributed by atoms with E-state index in [9.17, 15) is 9.59 Å². The molecule has 0 radical (unpaired) electrons. The molecule has 106 valence electrons. The van der Waals surface area contributed by atoms with Crippen molar-refractivity contribution in [3.8, 4) is 0 Å². The van der Waals surface area contributed by atoms with E-state index in [0.29, 0.717) is 5.56 Å². The van der Waals surface area contributed by atoms with E-state index in [1.54, 1.807) is 12.4 Å². The summed E-state index contributed by atoms with van der Waals surface area (Å²) in [5.74, 6) is -0.0619. The van der Waals surface area contributed by atoms with Gasteiger partial charge in [0, 0.05) is 12.4 Å². The molecule has 20 heavy (non-hydrogen) atoms. The minimum Gasteiger partial charge on any atom is -0.297 e. The maximum Gasteiger partial charge on any atom is 0.329 e. The lowest BCUT2D eigenvalue weighted by atomic mass is 10.1. The predicted octanol–water partition coefficient (Wildman–Crippen LogP) is 2.07. The Morgan fingerprint density at radius 2 is 2.10 bits per heavy atom. The lowest BCUT2D eigenvalue weighted by Crippen LogP contribution is -2.38. The van der Waals surface area contributed by atoms with Gasteiger partial charge < -0.3 is 0 Å². The Labute approximate surface area is 121 Å². The Hall–Kier alpha value is -1.88. The number of rotatable bonds is 3. The number of hydrogen-bond acceptors (Lipinski definition) is 3. The minimum absolute atomic E-state index is 0.0619. The maximum absolute atomic E-state index is 12.4. The Morgan fingerprint density at radius 1 is 1.40 bits per heavy atom. The lowest BCUT2D eigenvalue weighted by Gasteiger charge is -2.12. The first-order chi connectivity index (χ1) is 9.41. The summed E-state index contributed by atoms with van der Waals surface area (Å²) in [5.41, 5.74) is 1.38. The summed E-state index contributed by atoms with van der Waals surface area (Å²) in [6, 6.07) is 1.84. The Kier molecular flexibility index (Phi) is 4.09. The zero-order chi connectivity index (χ0) is 14.9. The smallest absolute Gasteiger partial charge is 0.297 e. The van der Waals surface area contributed by atoms with Gasteiger partial charge in [0.2, 0.25) is 0 Å². The molecule has 2 heterocycles. The highest BCUT2D eigenvalue weighted by molar-refractivity contribution is 6.30. The van der Waals surface area contributed by atoms with Crippen molar-refractivity contribution in [2.45, 2.75) is 33.2 Å². The summed E-state index contributed by atoms with van der Waals surface area (Å²) in [5, 5.41) is 0.120. The van der Waals surface area contributed by atoms with Crippen molar-refractivity contribution in [1.29, 1.82) is 0 Å². The molecule has 0 aliphatic heterocycles. The monoisotopic (exact) mass is 293 g/mol. The second-order valence-electron chi connectivity index (χ2n) is 5.01. The van der Waals surface area contributed by atoms with Crippen LogP contribution in [-0.4, -0.2) is 14.5 Å². The average molecular weight is 294 g/mol. The molecule has 0 unspecified atom stereocenters. The van der Waals surface area contributed by atoms with Gasteiger partial charge in [-0.3, -0.25) is 19.3 Å². The number of H-pyrrole nitrogens is 1. The number of nitrogens with zero attached hydrogens (tertiary/aromatic N) is 2.